The third-order valence-corrected chi connectivity index (χ3v) is 1.10. The molecule has 0 atom stereocenters. The lowest BCUT2D eigenvalue weighted by Gasteiger charge is -2.14. The van der Waals surface area contributed by atoms with Gasteiger partial charge in [-0.15, -0.1) is 0 Å². The molecule has 0 spiro atoms. The van der Waals surface area contributed by atoms with Crippen LogP contribution in [0.1, 0.15) is 6.92 Å². The Balaban J connectivity index is 3.84. The third-order valence-electron chi connectivity index (χ3n) is 1.10. The number of nitrogens with two attached hydrogens (primary N) is 1. The van der Waals surface area contributed by atoms with Crippen molar-refractivity contribution in [3.8, 4) is 0 Å². The Bertz CT molecular complexity index is 105. The largest absolute Gasteiger partial charge is 0.380 e. The molecule has 0 bridgehead atoms. The Morgan fingerprint density at radius 2 is 1.78 bits per heavy atom. The van der Waals surface area contributed by atoms with Crippen molar-refractivity contribution in [2.45, 2.75) is 6.92 Å². The Hall–Kier alpha value is -0.700. The van der Waals surface area contributed by atoms with Crippen LogP contribution in [-0.2, 0) is 0 Å². The van der Waals surface area contributed by atoms with E-state index in [1.165, 1.54) is 5.01 Å². The summed E-state index contributed by atoms with van der Waals surface area (Å²) >= 11 is 0. The molecule has 3 nitrogen and oxygen atoms in total. The van der Waals surface area contributed by atoms with Gasteiger partial charge in [-0.1, -0.05) is 0 Å². The number of nitrogens with zero attached hydrogens (tertiary/aromatic N) is 2. The zero-order chi connectivity index (χ0) is 7.44. The van der Waals surface area contributed by atoms with Crippen LogP contribution in [0, 0.1) is 0 Å². The maximum absolute atomic E-state index is 5.36. The second-order valence-electron chi connectivity index (χ2n) is 2.33. The highest BCUT2D eigenvalue weighted by atomic mass is 15.4. The van der Waals surface area contributed by atoms with Gasteiger partial charge < -0.3 is 9.91 Å². The molecule has 0 aliphatic carbocycles. The lowest BCUT2D eigenvalue weighted by molar-refractivity contribution is 0.440. The minimum absolute atomic E-state index is 1.14. The van der Waals surface area contributed by atoms with Crippen molar-refractivity contribution in [1.29, 1.82) is 0 Å². The van der Waals surface area contributed by atoms with Gasteiger partial charge in [0.1, 0.15) is 0 Å². The van der Waals surface area contributed by atoms with Crippen molar-refractivity contribution < 1.29 is 0 Å². The first kappa shape index (κ1) is 8.30. The number of allylic oxidation sites excluding steroid dienone is 1. The van der Waals surface area contributed by atoms with Gasteiger partial charge in [-0.05, 0) is 6.92 Å². The van der Waals surface area contributed by atoms with Crippen molar-refractivity contribution >= 4 is 0 Å². The van der Waals surface area contributed by atoms with Gasteiger partial charge >= 0.3 is 0 Å². The third kappa shape index (κ3) is 3.85. The van der Waals surface area contributed by atoms with Gasteiger partial charge in [-0.3, -0.25) is 0 Å². The highest BCUT2D eigenvalue weighted by Crippen LogP contribution is 1.94. The fourth-order valence-corrected chi connectivity index (χ4v) is 0.410. The van der Waals surface area contributed by atoms with Crippen LogP contribution in [0.3, 0.4) is 0 Å². The summed E-state index contributed by atoms with van der Waals surface area (Å²) in [6.45, 7) is 2.00. The van der Waals surface area contributed by atoms with Gasteiger partial charge in [0.2, 0.25) is 0 Å². The first-order valence-corrected chi connectivity index (χ1v) is 2.87. The van der Waals surface area contributed by atoms with Crippen LogP contribution in [0.2, 0.25) is 0 Å². The Morgan fingerprint density at radius 1 is 1.33 bits per heavy atom. The van der Waals surface area contributed by atoms with Crippen LogP contribution in [0.5, 0.6) is 0 Å². The molecule has 54 valence electrons. The number of hydrogen-bond donors (Lipinski definition) is 1. The van der Waals surface area contributed by atoms with E-state index in [0.29, 0.717) is 0 Å². The highest BCUT2D eigenvalue weighted by molar-refractivity contribution is 4.92. The summed E-state index contributed by atoms with van der Waals surface area (Å²) in [4.78, 5) is 2.00. The molecule has 0 aromatic heterocycles. The second-order valence-corrected chi connectivity index (χ2v) is 2.33. The highest BCUT2D eigenvalue weighted by Gasteiger charge is 1.89. The summed E-state index contributed by atoms with van der Waals surface area (Å²) in [6.07, 6.45) is 1.86. The van der Waals surface area contributed by atoms with E-state index >= 15 is 0 Å². The predicted octanol–water partition coefficient (Wildman–Crippen LogP) is 0.215. The Kier molecular flexibility index (Phi) is 3.09. The quantitative estimate of drug-likeness (QED) is 0.427. The van der Waals surface area contributed by atoms with Crippen LogP contribution < -0.4 is 5.84 Å². The molecule has 0 heterocycles. The Morgan fingerprint density at radius 3 is 1.89 bits per heavy atom. The van der Waals surface area contributed by atoms with Crippen LogP contribution in [-0.4, -0.2) is 31.1 Å². The molecular formula is C6H15N3. The molecule has 0 saturated carbocycles. The van der Waals surface area contributed by atoms with Gasteiger partial charge in [0.05, 0.1) is 0 Å². The molecule has 0 saturated heterocycles. The average Bonchev–Trinajstić information content (AvgIpc) is 1.63. The number of hydrogen-bond acceptors (Lipinski definition) is 3. The van der Waals surface area contributed by atoms with Gasteiger partial charge in [0.15, 0.2) is 0 Å². The molecule has 0 aromatic carbocycles. The summed E-state index contributed by atoms with van der Waals surface area (Å²) in [5.74, 6) is 5.36. The van der Waals surface area contributed by atoms with E-state index in [2.05, 4.69) is 0 Å². The maximum atomic E-state index is 5.36. The van der Waals surface area contributed by atoms with E-state index in [4.69, 9.17) is 5.84 Å². The van der Waals surface area contributed by atoms with Gasteiger partial charge in [-0.25, -0.2) is 5.84 Å². The van der Waals surface area contributed by atoms with Crippen molar-refractivity contribution in [3.05, 3.63) is 11.9 Å². The molecule has 0 radical (unpaired) electrons. The molecule has 0 fully saturated rings. The molecule has 0 aliphatic heterocycles. The smallest absolute Gasteiger partial charge is 0.0340 e. The van der Waals surface area contributed by atoms with Crippen LogP contribution in [0.15, 0.2) is 11.9 Å². The van der Waals surface area contributed by atoms with E-state index in [1.807, 2.05) is 32.1 Å². The summed E-state index contributed by atoms with van der Waals surface area (Å²) in [5, 5.41) is 1.54. The van der Waals surface area contributed by atoms with Crippen molar-refractivity contribution in [2.24, 2.45) is 5.84 Å². The monoisotopic (exact) mass is 129 g/mol. The van der Waals surface area contributed by atoms with E-state index in [1.54, 1.807) is 7.05 Å². The van der Waals surface area contributed by atoms with Crippen molar-refractivity contribution in [1.82, 2.24) is 9.91 Å². The number of hydrazine groups is 1. The lowest BCUT2D eigenvalue weighted by atomic mass is 10.5. The van der Waals surface area contributed by atoms with Gasteiger partial charge in [0, 0.05) is 33.0 Å². The summed E-state index contributed by atoms with van der Waals surface area (Å²) in [6, 6.07) is 0. The fraction of sp³-hybridized carbons (Fsp3) is 0.667. The molecular weight excluding hydrogens is 114 g/mol. The zero-order valence-corrected chi connectivity index (χ0v) is 6.55. The predicted molar refractivity (Wildman–Crippen MR) is 39.4 cm³/mol. The van der Waals surface area contributed by atoms with Crippen LogP contribution in [0.4, 0.5) is 0 Å². The average molecular weight is 129 g/mol. The molecule has 9 heavy (non-hydrogen) atoms. The standard InChI is InChI=1S/C6H15N3/c1-6(8(2)3)5-9(4)7/h5H,7H2,1-4H3/b6-5-. The van der Waals surface area contributed by atoms with E-state index < -0.39 is 0 Å². The Labute approximate surface area is 56.7 Å². The first-order chi connectivity index (χ1) is 4.04. The van der Waals surface area contributed by atoms with Gasteiger partial charge in [0.25, 0.3) is 0 Å². The zero-order valence-electron chi connectivity index (χ0n) is 6.55. The van der Waals surface area contributed by atoms with Crippen LogP contribution in [0.25, 0.3) is 0 Å². The molecule has 0 aliphatic rings. The summed E-state index contributed by atoms with van der Waals surface area (Å²) < 4.78 is 0. The van der Waals surface area contributed by atoms with Crippen molar-refractivity contribution in [3.63, 3.8) is 0 Å². The normalized spacial score (nSPS) is 11.4. The van der Waals surface area contributed by atoms with Gasteiger partial charge in [-0.2, -0.15) is 0 Å². The second kappa shape index (κ2) is 3.35. The minimum atomic E-state index is 1.14. The molecule has 0 unspecified atom stereocenters. The molecule has 3 heteroatoms. The van der Waals surface area contributed by atoms with E-state index in [-0.39, 0.29) is 0 Å². The fourth-order valence-electron chi connectivity index (χ4n) is 0.410. The summed E-state index contributed by atoms with van der Waals surface area (Å²) in [7, 11) is 5.76. The SMILES string of the molecule is C/C(=C/N(C)N)N(C)C. The van der Waals surface area contributed by atoms with E-state index in [9.17, 15) is 0 Å². The van der Waals surface area contributed by atoms with Crippen molar-refractivity contribution in [2.75, 3.05) is 21.1 Å². The first-order valence-electron chi connectivity index (χ1n) is 2.87. The summed E-state index contributed by atoms with van der Waals surface area (Å²) in [5.41, 5.74) is 1.14. The molecule has 2 N–H and O–H groups in total. The molecule has 0 aromatic rings. The maximum Gasteiger partial charge on any atom is 0.0340 e. The van der Waals surface area contributed by atoms with Crippen LogP contribution >= 0.6 is 0 Å². The molecule has 0 rings (SSSR count). The van der Waals surface area contributed by atoms with E-state index in [0.717, 1.165) is 5.70 Å². The minimum Gasteiger partial charge on any atom is -0.380 e. The topological polar surface area (TPSA) is 32.5 Å². The molecule has 0 amide bonds. The number of rotatable bonds is 2. The lowest BCUT2D eigenvalue weighted by Crippen LogP contribution is -2.21.